The number of hydrogen-bond acceptors (Lipinski definition) is 4. The Hall–Kier alpha value is -2.33. The smallest absolute Gasteiger partial charge is 0.168 e. The molecule has 3 nitrogen and oxygen atoms in total. The first-order valence-corrected chi connectivity index (χ1v) is 18.4. The van der Waals surface area contributed by atoms with Crippen molar-refractivity contribution in [2.45, 2.75) is 143 Å². The molecule has 0 unspecified atom stereocenters. The summed E-state index contributed by atoms with van der Waals surface area (Å²) in [6.45, 7) is 10.1. The highest BCUT2D eigenvalue weighted by Crippen LogP contribution is 2.43. The molecule has 0 saturated carbocycles. The van der Waals surface area contributed by atoms with E-state index in [1.54, 1.807) is 0 Å². The van der Waals surface area contributed by atoms with E-state index in [-0.39, 0.29) is 0 Å². The molecular weight excluding hydrogens is 561 g/mol. The van der Waals surface area contributed by atoms with Gasteiger partial charge in [-0.2, -0.15) is 0 Å². The predicted octanol–water partition coefficient (Wildman–Crippen LogP) is 12.5. The number of benzene rings is 2. The molecular formula is C40H62O3S. The second-order valence-corrected chi connectivity index (χ2v) is 12.3. The second-order valence-electron chi connectivity index (χ2n) is 11.9. The van der Waals surface area contributed by atoms with Crippen molar-refractivity contribution >= 4 is 23.2 Å². The molecule has 0 aliphatic carbocycles. The Balaban J connectivity index is 1.84. The number of thiocarbonyl (C=S) groups is 1. The van der Waals surface area contributed by atoms with E-state index in [2.05, 4.69) is 13.0 Å². The van der Waals surface area contributed by atoms with Crippen LogP contribution in [-0.2, 0) is 6.42 Å². The van der Waals surface area contributed by atoms with E-state index in [1.807, 2.05) is 63.3 Å². The van der Waals surface area contributed by atoms with E-state index in [4.69, 9.17) is 26.4 Å². The zero-order valence-electron chi connectivity index (χ0n) is 28.6. The van der Waals surface area contributed by atoms with Crippen LogP contribution in [0.15, 0.2) is 42.5 Å². The largest absolute Gasteiger partial charge is 0.493 e. The number of hydrogen-bond donors (Lipinski definition) is 0. The molecule has 0 aliphatic rings. The average Bonchev–Trinajstić information content (AvgIpc) is 3.04. The molecule has 0 heterocycles. The summed E-state index contributed by atoms with van der Waals surface area (Å²) >= 11 is 5.69. The van der Waals surface area contributed by atoms with Crippen LogP contribution in [0.4, 0.5) is 0 Å². The summed E-state index contributed by atoms with van der Waals surface area (Å²) in [5, 5.41) is 0. The Morgan fingerprint density at radius 1 is 0.591 bits per heavy atom. The first-order chi connectivity index (χ1) is 21.7. The van der Waals surface area contributed by atoms with E-state index in [0.717, 1.165) is 51.6 Å². The third-order valence-electron chi connectivity index (χ3n) is 8.21. The monoisotopic (exact) mass is 622 g/mol. The molecule has 0 amide bonds. The normalized spacial score (nSPS) is 11.3. The first-order valence-electron chi connectivity index (χ1n) is 18.0. The fourth-order valence-corrected chi connectivity index (χ4v) is 6.00. The zero-order valence-corrected chi connectivity index (χ0v) is 29.4. The van der Waals surface area contributed by atoms with Crippen molar-refractivity contribution in [2.75, 3.05) is 19.8 Å². The highest BCUT2D eigenvalue weighted by atomic mass is 32.1. The van der Waals surface area contributed by atoms with Crippen molar-refractivity contribution in [3.8, 4) is 17.2 Å². The van der Waals surface area contributed by atoms with Crippen molar-refractivity contribution < 1.29 is 14.2 Å². The molecule has 0 radical (unpaired) electrons. The Morgan fingerprint density at radius 2 is 1.07 bits per heavy atom. The minimum absolute atomic E-state index is 0.566. The molecule has 2 rings (SSSR count). The van der Waals surface area contributed by atoms with E-state index in [0.29, 0.717) is 19.8 Å². The fraction of sp³-hybridized carbons (Fsp3) is 0.625. The third kappa shape index (κ3) is 15.1. The minimum atomic E-state index is 0.566. The molecule has 246 valence electrons. The van der Waals surface area contributed by atoms with Crippen LogP contribution in [0, 0.1) is 0 Å². The van der Waals surface area contributed by atoms with Gasteiger partial charge in [0.1, 0.15) is 5.75 Å². The molecule has 44 heavy (non-hydrogen) atoms. The first kappa shape index (κ1) is 37.9. The van der Waals surface area contributed by atoms with Crippen molar-refractivity contribution in [3.63, 3.8) is 0 Å². The van der Waals surface area contributed by atoms with Gasteiger partial charge < -0.3 is 14.2 Å². The molecule has 4 heteroatoms. The van der Waals surface area contributed by atoms with E-state index in [1.165, 1.54) is 103 Å². The molecule has 0 aliphatic heterocycles. The number of unbranched alkanes of at least 4 members (excludes halogenated alkanes) is 16. The van der Waals surface area contributed by atoms with Crippen molar-refractivity contribution in [3.05, 3.63) is 59.2 Å². The maximum atomic E-state index is 6.25. The van der Waals surface area contributed by atoms with Crippen LogP contribution in [0.25, 0.3) is 6.08 Å². The Labute approximate surface area is 276 Å². The van der Waals surface area contributed by atoms with Gasteiger partial charge in [0.05, 0.1) is 19.8 Å². The highest BCUT2D eigenvalue weighted by Gasteiger charge is 2.20. The highest BCUT2D eigenvalue weighted by molar-refractivity contribution is 7.81. The maximum Gasteiger partial charge on any atom is 0.168 e. The lowest BCUT2D eigenvalue weighted by atomic mass is 9.99. The van der Waals surface area contributed by atoms with Crippen LogP contribution in [0.1, 0.15) is 154 Å². The minimum Gasteiger partial charge on any atom is -0.493 e. The van der Waals surface area contributed by atoms with Crippen LogP contribution < -0.4 is 14.2 Å². The second kappa shape index (κ2) is 24.9. The van der Waals surface area contributed by atoms with E-state index >= 15 is 0 Å². The van der Waals surface area contributed by atoms with Gasteiger partial charge in [-0.3, -0.25) is 0 Å². The van der Waals surface area contributed by atoms with Gasteiger partial charge in [0, 0.05) is 16.0 Å². The zero-order chi connectivity index (χ0) is 31.7. The third-order valence-corrected chi connectivity index (χ3v) is 8.58. The van der Waals surface area contributed by atoms with Crippen molar-refractivity contribution in [1.82, 2.24) is 0 Å². The van der Waals surface area contributed by atoms with Gasteiger partial charge in [-0.1, -0.05) is 152 Å². The number of ether oxygens (including phenoxy) is 3. The maximum absolute atomic E-state index is 6.25. The summed E-state index contributed by atoms with van der Waals surface area (Å²) in [6.07, 6.45) is 28.3. The molecule has 0 saturated heterocycles. The van der Waals surface area contributed by atoms with Crippen molar-refractivity contribution in [1.29, 1.82) is 0 Å². The van der Waals surface area contributed by atoms with Gasteiger partial charge in [0.2, 0.25) is 0 Å². The van der Waals surface area contributed by atoms with E-state index < -0.39 is 0 Å². The Morgan fingerprint density at radius 3 is 1.57 bits per heavy atom. The van der Waals surface area contributed by atoms with Gasteiger partial charge >= 0.3 is 0 Å². The van der Waals surface area contributed by atoms with Crippen LogP contribution in [0.5, 0.6) is 17.2 Å². The number of rotatable bonds is 27. The van der Waals surface area contributed by atoms with Gasteiger partial charge in [-0.05, 0) is 57.4 Å². The SMILES string of the molecule is CCCCCCCCCCCCCCCCCCCc1c(OCC)cc(C=CC(=S)c2ccccc2)c(OCC)c1OCC. The topological polar surface area (TPSA) is 27.7 Å². The predicted molar refractivity (Wildman–Crippen MR) is 195 cm³/mol. The Bertz CT molecular complexity index is 1050. The molecule has 2 aromatic carbocycles. The van der Waals surface area contributed by atoms with Crippen LogP contribution in [0.2, 0.25) is 0 Å². The quantitative estimate of drug-likeness (QED) is 0.0429. The summed E-state index contributed by atoms with van der Waals surface area (Å²) in [6, 6.07) is 12.2. The van der Waals surface area contributed by atoms with E-state index in [9.17, 15) is 0 Å². The van der Waals surface area contributed by atoms with Gasteiger partial charge in [0.15, 0.2) is 11.5 Å². The average molecular weight is 623 g/mol. The summed E-state index contributed by atoms with van der Waals surface area (Å²) in [7, 11) is 0. The van der Waals surface area contributed by atoms with Crippen molar-refractivity contribution in [2.24, 2.45) is 0 Å². The van der Waals surface area contributed by atoms with Gasteiger partial charge in [-0.15, -0.1) is 0 Å². The lowest BCUT2D eigenvalue weighted by molar-refractivity contribution is 0.278. The molecule has 0 spiro atoms. The fourth-order valence-electron chi connectivity index (χ4n) is 5.80. The lowest BCUT2D eigenvalue weighted by Gasteiger charge is -2.21. The van der Waals surface area contributed by atoms with Gasteiger partial charge in [0.25, 0.3) is 0 Å². The van der Waals surface area contributed by atoms with Gasteiger partial charge in [-0.25, -0.2) is 0 Å². The lowest BCUT2D eigenvalue weighted by Crippen LogP contribution is -2.07. The van der Waals surface area contributed by atoms with Crippen LogP contribution >= 0.6 is 12.2 Å². The molecule has 2 aromatic rings. The molecule has 0 N–H and O–H groups in total. The molecule has 0 atom stereocenters. The molecule has 0 aromatic heterocycles. The van der Waals surface area contributed by atoms with Crippen LogP contribution in [-0.4, -0.2) is 24.7 Å². The summed E-state index contributed by atoms with van der Waals surface area (Å²) in [4.78, 5) is 0.788. The molecule has 0 fully saturated rings. The standard InChI is InChI=1S/C40H62O3S/c1-5-9-10-11-12-13-14-15-16-17-18-19-20-21-22-23-27-30-36-37(41-6-2)33-35(39(42-7-3)40(36)43-8-4)31-32-38(44)34-28-25-24-26-29-34/h24-26,28-29,31-33H,5-23,27,30H2,1-4H3. The Kier molecular flexibility index (Phi) is 21.4. The van der Waals surface area contributed by atoms with Crippen LogP contribution in [0.3, 0.4) is 0 Å². The summed E-state index contributed by atoms with van der Waals surface area (Å²) in [5.41, 5.74) is 3.09. The summed E-state index contributed by atoms with van der Waals surface area (Å²) < 4.78 is 18.6. The molecule has 0 bridgehead atoms. The summed E-state index contributed by atoms with van der Waals surface area (Å²) in [5.74, 6) is 2.50. The number of allylic oxidation sites excluding steroid dienone is 1.